The number of hydrogen-bond acceptors (Lipinski definition) is 7. The van der Waals surface area contributed by atoms with Crippen molar-refractivity contribution in [3.8, 4) is 0 Å². The van der Waals surface area contributed by atoms with Crippen molar-refractivity contribution in [2.75, 3.05) is 6.61 Å². The summed E-state index contributed by atoms with van der Waals surface area (Å²) in [5, 5.41) is 6.51. The Morgan fingerprint density at radius 3 is 2.80 bits per heavy atom. The molecule has 1 aromatic rings. The minimum Gasteiger partial charge on any atom is -0.466 e. The third-order valence-corrected chi connectivity index (χ3v) is 5.86. The lowest BCUT2D eigenvalue weighted by atomic mass is 10.2. The van der Waals surface area contributed by atoms with Crippen molar-refractivity contribution >= 4 is 41.0 Å². The largest absolute Gasteiger partial charge is 0.466 e. The van der Waals surface area contributed by atoms with Crippen LogP contribution in [0.5, 0.6) is 0 Å². The quantitative estimate of drug-likeness (QED) is 0.553. The third kappa shape index (κ3) is 6.66. The van der Waals surface area contributed by atoms with Crippen LogP contribution in [0.2, 0.25) is 0 Å². The van der Waals surface area contributed by atoms with Gasteiger partial charge in [0.2, 0.25) is 5.91 Å². The fraction of sp³-hybridized carbons (Fsp3) is 0.625. The van der Waals surface area contributed by atoms with Crippen molar-refractivity contribution in [2.24, 2.45) is 0 Å². The lowest BCUT2D eigenvalue weighted by Crippen LogP contribution is -2.45. The lowest BCUT2D eigenvalue weighted by molar-refractivity contribution is -0.142. The molecule has 0 aromatic carbocycles. The Balaban J connectivity index is 1.77. The predicted molar refractivity (Wildman–Crippen MR) is 96.7 cm³/mol. The van der Waals surface area contributed by atoms with Gasteiger partial charge in [-0.3, -0.25) is 14.9 Å². The highest BCUT2D eigenvalue weighted by Gasteiger charge is 2.22. The molecule has 0 radical (unpaired) electrons. The summed E-state index contributed by atoms with van der Waals surface area (Å²) in [6, 6.07) is -0.272. The number of rotatable bonds is 7. The van der Waals surface area contributed by atoms with Gasteiger partial charge in [0.15, 0.2) is 4.34 Å². The molecule has 25 heavy (non-hydrogen) atoms. The number of nitrogens with one attached hydrogen (secondary N) is 2. The Labute approximate surface area is 155 Å². The number of carbonyl (C=O) groups is 3. The number of carbonyl (C=O) groups excluding carboxylic acids is 3. The summed E-state index contributed by atoms with van der Waals surface area (Å²) in [6.07, 6.45) is 4.28. The second kappa shape index (κ2) is 9.76. The van der Waals surface area contributed by atoms with Gasteiger partial charge < -0.3 is 10.1 Å². The summed E-state index contributed by atoms with van der Waals surface area (Å²) in [5.41, 5.74) is 0.623. The fourth-order valence-electron chi connectivity index (χ4n) is 2.49. The van der Waals surface area contributed by atoms with E-state index in [2.05, 4.69) is 15.6 Å². The first-order chi connectivity index (χ1) is 12.0. The summed E-state index contributed by atoms with van der Waals surface area (Å²) >= 11 is 2.62. The second-order valence-electron chi connectivity index (χ2n) is 5.79. The molecule has 2 N–H and O–H groups in total. The maximum Gasteiger partial charge on any atom is 0.321 e. The molecule has 0 saturated heterocycles. The maximum absolute atomic E-state index is 12.1. The minimum absolute atomic E-state index is 0.120. The zero-order chi connectivity index (χ0) is 18.2. The number of thiazole rings is 1. The van der Waals surface area contributed by atoms with Gasteiger partial charge in [0, 0.05) is 11.4 Å². The van der Waals surface area contributed by atoms with E-state index in [4.69, 9.17) is 4.74 Å². The Bertz CT molecular complexity index is 614. The number of imide groups is 1. The van der Waals surface area contributed by atoms with Crippen molar-refractivity contribution < 1.29 is 19.1 Å². The molecule has 3 amide bonds. The second-order valence-corrected chi connectivity index (χ2v) is 8.24. The van der Waals surface area contributed by atoms with Gasteiger partial charge in [-0.25, -0.2) is 9.78 Å². The van der Waals surface area contributed by atoms with E-state index in [1.807, 2.05) is 0 Å². The number of amides is 3. The lowest BCUT2D eigenvalue weighted by Gasteiger charge is -2.14. The number of ether oxygens (including phenoxy) is 1. The Morgan fingerprint density at radius 1 is 1.40 bits per heavy atom. The van der Waals surface area contributed by atoms with Crippen LogP contribution in [0, 0.1) is 0 Å². The van der Waals surface area contributed by atoms with Crippen LogP contribution in [0.1, 0.15) is 45.2 Å². The van der Waals surface area contributed by atoms with Crippen LogP contribution < -0.4 is 10.6 Å². The molecule has 0 bridgehead atoms. The molecule has 2 rings (SSSR count). The van der Waals surface area contributed by atoms with Crippen LogP contribution in [-0.2, 0) is 20.7 Å². The predicted octanol–water partition coefficient (Wildman–Crippen LogP) is 2.50. The fourth-order valence-corrected chi connectivity index (χ4v) is 4.47. The van der Waals surface area contributed by atoms with E-state index in [1.54, 1.807) is 19.2 Å². The average molecular weight is 386 g/mol. The van der Waals surface area contributed by atoms with Crippen LogP contribution >= 0.6 is 23.1 Å². The van der Waals surface area contributed by atoms with Crippen LogP contribution in [0.15, 0.2) is 9.72 Å². The van der Waals surface area contributed by atoms with E-state index in [-0.39, 0.29) is 24.3 Å². The number of urea groups is 1. The van der Waals surface area contributed by atoms with Crippen molar-refractivity contribution in [1.82, 2.24) is 15.6 Å². The van der Waals surface area contributed by atoms with Crippen molar-refractivity contribution in [3.05, 3.63) is 11.1 Å². The Hall–Kier alpha value is -1.61. The highest BCUT2D eigenvalue weighted by atomic mass is 32.2. The van der Waals surface area contributed by atoms with E-state index in [1.165, 1.54) is 23.1 Å². The van der Waals surface area contributed by atoms with Crippen molar-refractivity contribution in [2.45, 2.75) is 61.6 Å². The van der Waals surface area contributed by atoms with Crippen LogP contribution in [0.3, 0.4) is 0 Å². The number of nitrogens with zero attached hydrogens (tertiary/aromatic N) is 1. The first kappa shape index (κ1) is 19.7. The summed E-state index contributed by atoms with van der Waals surface area (Å²) in [4.78, 5) is 39.7. The van der Waals surface area contributed by atoms with Crippen molar-refractivity contribution in [3.63, 3.8) is 0 Å². The van der Waals surface area contributed by atoms with Crippen LogP contribution in [0.4, 0.5) is 4.79 Å². The van der Waals surface area contributed by atoms with Gasteiger partial charge >= 0.3 is 12.0 Å². The Morgan fingerprint density at radius 2 is 2.12 bits per heavy atom. The molecule has 1 saturated carbocycles. The van der Waals surface area contributed by atoms with E-state index in [0.717, 1.165) is 25.7 Å². The van der Waals surface area contributed by atoms with Crippen LogP contribution in [-0.4, -0.2) is 40.8 Å². The molecular formula is C16H23N3O4S2. The van der Waals surface area contributed by atoms with Gasteiger partial charge in [0.1, 0.15) is 0 Å². The molecule has 138 valence electrons. The Kier molecular flexibility index (Phi) is 7.70. The molecule has 0 spiro atoms. The molecule has 0 unspecified atom stereocenters. The van der Waals surface area contributed by atoms with E-state index in [9.17, 15) is 14.4 Å². The molecular weight excluding hydrogens is 362 g/mol. The normalized spacial score (nSPS) is 15.6. The van der Waals surface area contributed by atoms with Crippen LogP contribution in [0.25, 0.3) is 0 Å². The van der Waals surface area contributed by atoms with Gasteiger partial charge in [0.25, 0.3) is 0 Å². The number of thioether (sulfide) groups is 1. The molecule has 1 atom stereocenters. The van der Waals surface area contributed by atoms with E-state index in [0.29, 0.717) is 16.6 Å². The standard InChI is InChI=1S/C16H23N3O4S2/c1-3-23-13(20)8-12-9-24-16(18-12)25-10(2)14(21)19-15(22)17-11-6-4-5-7-11/h9-11H,3-8H2,1-2H3,(H2,17,19,21,22)/t10-/m0/s1. The third-order valence-electron chi connectivity index (χ3n) is 3.74. The van der Waals surface area contributed by atoms with Gasteiger partial charge in [-0.15, -0.1) is 11.3 Å². The summed E-state index contributed by atoms with van der Waals surface area (Å²) < 4.78 is 5.56. The van der Waals surface area contributed by atoms with Gasteiger partial charge in [0.05, 0.1) is 24.0 Å². The SMILES string of the molecule is CCOC(=O)Cc1csc(S[C@@H](C)C(=O)NC(=O)NC2CCCC2)n1. The molecule has 7 nitrogen and oxygen atoms in total. The summed E-state index contributed by atoms with van der Waals surface area (Å²) in [6.45, 7) is 3.81. The molecule has 1 fully saturated rings. The maximum atomic E-state index is 12.1. The molecule has 1 aliphatic carbocycles. The first-order valence-electron chi connectivity index (χ1n) is 8.36. The number of aromatic nitrogens is 1. The van der Waals surface area contributed by atoms with Crippen molar-refractivity contribution in [1.29, 1.82) is 0 Å². The highest BCUT2D eigenvalue weighted by Crippen LogP contribution is 2.27. The van der Waals surface area contributed by atoms with Gasteiger partial charge in [-0.05, 0) is 26.7 Å². The highest BCUT2D eigenvalue weighted by molar-refractivity contribution is 8.02. The molecule has 1 aromatic heterocycles. The zero-order valence-electron chi connectivity index (χ0n) is 14.4. The topological polar surface area (TPSA) is 97.4 Å². The summed E-state index contributed by atoms with van der Waals surface area (Å²) in [7, 11) is 0. The van der Waals surface area contributed by atoms with Gasteiger partial charge in [-0.1, -0.05) is 24.6 Å². The minimum atomic E-state index is -0.462. The molecule has 9 heteroatoms. The van der Waals surface area contributed by atoms with E-state index < -0.39 is 11.3 Å². The summed E-state index contributed by atoms with van der Waals surface area (Å²) in [5.74, 6) is -0.679. The smallest absolute Gasteiger partial charge is 0.321 e. The average Bonchev–Trinajstić information content (AvgIpc) is 3.19. The van der Waals surface area contributed by atoms with E-state index >= 15 is 0 Å². The zero-order valence-corrected chi connectivity index (χ0v) is 16.0. The molecule has 1 aliphatic rings. The number of esters is 1. The number of hydrogen-bond donors (Lipinski definition) is 2. The first-order valence-corrected chi connectivity index (χ1v) is 10.1. The van der Waals surface area contributed by atoms with Gasteiger partial charge in [-0.2, -0.15) is 0 Å². The molecule has 1 heterocycles. The molecule has 0 aliphatic heterocycles. The monoisotopic (exact) mass is 385 g/mol.